The smallest absolute Gasteiger partial charge is 0.252 e. The Labute approximate surface area is 135 Å². The van der Waals surface area contributed by atoms with Crippen LogP contribution in [-0.4, -0.2) is 18.4 Å². The molecule has 0 aliphatic rings. The Morgan fingerprint density at radius 1 is 1.33 bits per heavy atom. The molecule has 1 aromatic heterocycles. The van der Waals surface area contributed by atoms with Gasteiger partial charge < -0.3 is 10.6 Å². The summed E-state index contributed by atoms with van der Waals surface area (Å²) in [6.45, 7) is 1.87. The van der Waals surface area contributed by atoms with E-state index in [1.807, 2.05) is 36.6 Å². The van der Waals surface area contributed by atoms with Crippen LogP contribution in [0.1, 0.15) is 28.9 Å². The molecule has 0 bridgehead atoms. The average Bonchev–Trinajstić information content (AvgIpc) is 2.99. The van der Waals surface area contributed by atoms with Crippen molar-refractivity contribution >= 4 is 39.1 Å². The molecular weight excluding hydrogens is 352 g/mol. The summed E-state index contributed by atoms with van der Waals surface area (Å²) in [5.41, 5.74) is 1.58. The summed E-state index contributed by atoms with van der Waals surface area (Å²) in [7, 11) is 0. The van der Waals surface area contributed by atoms with Crippen LogP contribution in [-0.2, 0) is 4.79 Å². The Kier molecular flexibility index (Phi) is 5.52. The lowest BCUT2D eigenvalue weighted by Crippen LogP contribution is -2.37. The number of halogens is 1. The number of benzene rings is 1. The number of thiophene rings is 1. The molecule has 4 nitrogen and oxygen atoms in total. The minimum absolute atomic E-state index is 0.0347. The lowest BCUT2D eigenvalue weighted by Gasteiger charge is -2.15. The van der Waals surface area contributed by atoms with Gasteiger partial charge in [-0.05, 0) is 36.1 Å². The number of amides is 2. The fraction of sp³-hybridized carbons (Fsp3) is 0.200. The molecule has 21 heavy (non-hydrogen) atoms. The van der Waals surface area contributed by atoms with Crippen molar-refractivity contribution in [2.45, 2.75) is 13.0 Å². The van der Waals surface area contributed by atoms with Gasteiger partial charge in [-0.15, -0.1) is 0 Å². The maximum atomic E-state index is 11.9. The van der Waals surface area contributed by atoms with E-state index in [0.29, 0.717) is 5.56 Å². The molecule has 0 spiro atoms. The normalized spacial score (nSPS) is 11.7. The number of hydrogen-bond acceptors (Lipinski definition) is 3. The Hall–Kier alpha value is -1.66. The van der Waals surface area contributed by atoms with Gasteiger partial charge in [-0.2, -0.15) is 11.3 Å². The van der Waals surface area contributed by atoms with Gasteiger partial charge in [0.2, 0.25) is 5.91 Å². The lowest BCUT2D eigenvalue weighted by atomic mass is 10.1. The van der Waals surface area contributed by atoms with Crippen molar-refractivity contribution in [1.82, 2.24) is 10.6 Å². The average molecular weight is 367 g/mol. The molecule has 2 rings (SSSR count). The summed E-state index contributed by atoms with van der Waals surface area (Å²) in [6.07, 6.45) is 0. The van der Waals surface area contributed by atoms with Gasteiger partial charge in [-0.25, -0.2) is 0 Å². The van der Waals surface area contributed by atoms with Gasteiger partial charge in [0.25, 0.3) is 5.91 Å². The largest absolute Gasteiger partial charge is 0.348 e. The maximum Gasteiger partial charge on any atom is 0.252 e. The lowest BCUT2D eigenvalue weighted by molar-refractivity contribution is -0.120. The molecule has 1 aromatic carbocycles. The minimum atomic E-state index is -0.235. The second-order valence-electron chi connectivity index (χ2n) is 4.54. The zero-order chi connectivity index (χ0) is 15.2. The highest BCUT2D eigenvalue weighted by molar-refractivity contribution is 9.10. The summed E-state index contributed by atoms with van der Waals surface area (Å²) in [5, 5.41) is 9.02. The molecule has 0 aliphatic carbocycles. The fourth-order valence-electron chi connectivity index (χ4n) is 1.81. The van der Waals surface area contributed by atoms with Crippen LogP contribution in [0.5, 0.6) is 0 Å². The Balaban J connectivity index is 1.83. The summed E-state index contributed by atoms with van der Waals surface area (Å²) in [4.78, 5) is 23.6. The van der Waals surface area contributed by atoms with Gasteiger partial charge in [0.05, 0.1) is 12.6 Å². The van der Waals surface area contributed by atoms with E-state index in [1.165, 1.54) is 11.3 Å². The molecule has 2 N–H and O–H groups in total. The molecule has 0 fully saturated rings. The summed E-state index contributed by atoms with van der Waals surface area (Å²) in [5.74, 6) is -0.451. The predicted octanol–water partition coefficient (Wildman–Crippen LogP) is 3.12. The van der Waals surface area contributed by atoms with Crippen LogP contribution < -0.4 is 10.6 Å². The van der Waals surface area contributed by atoms with Gasteiger partial charge in [-0.1, -0.05) is 28.1 Å². The maximum absolute atomic E-state index is 11.9. The molecule has 6 heteroatoms. The quantitative estimate of drug-likeness (QED) is 0.853. The molecule has 2 amide bonds. The van der Waals surface area contributed by atoms with E-state index in [4.69, 9.17) is 0 Å². The van der Waals surface area contributed by atoms with Gasteiger partial charge in [-0.3, -0.25) is 9.59 Å². The standard InChI is InChI=1S/C15H15BrN2O2S/c1-10(11-3-2-4-13(16)7-11)18-14(19)8-17-15(20)12-5-6-21-9-12/h2-7,9-10H,8H2,1H3,(H,17,20)(H,18,19). The highest BCUT2D eigenvalue weighted by Crippen LogP contribution is 2.17. The molecule has 1 atom stereocenters. The number of carbonyl (C=O) groups excluding carboxylic acids is 2. The van der Waals surface area contributed by atoms with E-state index >= 15 is 0 Å². The number of hydrogen-bond donors (Lipinski definition) is 2. The molecule has 0 radical (unpaired) electrons. The van der Waals surface area contributed by atoms with Crippen LogP contribution in [0, 0.1) is 0 Å². The van der Waals surface area contributed by atoms with Crippen molar-refractivity contribution in [3.63, 3.8) is 0 Å². The van der Waals surface area contributed by atoms with Crippen LogP contribution in [0.2, 0.25) is 0 Å². The predicted molar refractivity (Wildman–Crippen MR) is 87.4 cm³/mol. The van der Waals surface area contributed by atoms with Crippen molar-refractivity contribution in [1.29, 1.82) is 0 Å². The molecule has 0 aliphatic heterocycles. The molecular formula is C15H15BrN2O2S. The van der Waals surface area contributed by atoms with Crippen LogP contribution in [0.4, 0.5) is 0 Å². The molecule has 0 saturated carbocycles. The highest BCUT2D eigenvalue weighted by Gasteiger charge is 2.12. The molecule has 1 heterocycles. The van der Waals surface area contributed by atoms with Gasteiger partial charge in [0.1, 0.15) is 0 Å². The van der Waals surface area contributed by atoms with E-state index in [1.54, 1.807) is 11.4 Å². The van der Waals surface area contributed by atoms with Gasteiger partial charge >= 0.3 is 0 Å². The fourth-order valence-corrected chi connectivity index (χ4v) is 2.86. The second kappa shape index (κ2) is 7.38. The van der Waals surface area contributed by atoms with E-state index in [2.05, 4.69) is 26.6 Å². The third-order valence-corrected chi connectivity index (χ3v) is 4.10. The van der Waals surface area contributed by atoms with Crippen LogP contribution >= 0.6 is 27.3 Å². The number of carbonyl (C=O) groups is 2. The Bertz CT molecular complexity index is 628. The van der Waals surface area contributed by atoms with Crippen molar-refractivity contribution in [3.8, 4) is 0 Å². The first-order chi connectivity index (χ1) is 10.1. The third kappa shape index (κ3) is 4.68. The van der Waals surface area contributed by atoms with Gasteiger partial charge in [0.15, 0.2) is 0 Å². The van der Waals surface area contributed by atoms with Crippen molar-refractivity contribution in [2.75, 3.05) is 6.54 Å². The van der Waals surface area contributed by atoms with E-state index in [0.717, 1.165) is 10.0 Å². The van der Waals surface area contributed by atoms with E-state index < -0.39 is 0 Å². The van der Waals surface area contributed by atoms with Crippen LogP contribution in [0.3, 0.4) is 0 Å². The first-order valence-electron chi connectivity index (χ1n) is 6.41. The first kappa shape index (κ1) is 15.7. The van der Waals surface area contributed by atoms with Crippen LogP contribution in [0.25, 0.3) is 0 Å². The molecule has 0 saturated heterocycles. The van der Waals surface area contributed by atoms with Crippen LogP contribution in [0.15, 0.2) is 45.6 Å². The second-order valence-corrected chi connectivity index (χ2v) is 6.23. The highest BCUT2D eigenvalue weighted by atomic mass is 79.9. The summed E-state index contributed by atoms with van der Waals surface area (Å²) < 4.78 is 0.965. The number of rotatable bonds is 5. The van der Waals surface area contributed by atoms with Crippen molar-refractivity contribution < 1.29 is 9.59 Å². The molecule has 1 unspecified atom stereocenters. The zero-order valence-corrected chi connectivity index (χ0v) is 13.8. The Morgan fingerprint density at radius 3 is 2.81 bits per heavy atom. The van der Waals surface area contributed by atoms with Crippen molar-refractivity contribution in [3.05, 3.63) is 56.7 Å². The third-order valence-electron chi connectivity index (χ3n) is 2.92. The summed E-state index contributed by atoms with van der Waals surface area (Å²) >= 11 is 4.85. The van der Waals surface area contributed by atoms with E-state index in [-0.39, 0.29) is 24.4 Å². The van der Waals surface area contributed by atoms with E-state index in [9.17, 15) is 9.59 Å². The van der Waals surface area contributed by atoms with Gasteiger partial charge in [0, 0.05) is 15.4 Å². The number of nitrogens with one attached hydrogen (secondary N) is 2. The first-order valence-corrected chi connectivity index (χ1v) is 8.15. The Morgan fingerprint density at radius 2 is 2.14 bits per heavy atom. The minimum Gasteiger partial charge on any atom is -0.348 e. The molecule has 110 valence electrons. The molecule has 2 aromatic rings. The SMILES string of the molecule is CC(NC(=O)CNC(=O)c1ccsc1)c1cccc(Br)c1. The summed E-state index contributed by atoms with van der Waals surface area (Å²) in [6, 6.07) is 9.35. The van der Waals surface area contributed by atoms with Crippen molar-refractivity contribution in [2.24, 2.45) is 0 Å². The monoisotopic (exact) mass is 366 g/mol. The topological polar surface area (TPSA) is 58.2 Å². The zero-order valence-electron chi connectivity index (χ0n) is 11.4.